The molecule has 0 heterocycles. The molecule has 0 radical (unpaired) electrons. The first-order chi connectivity index (χ1) is 14.2. The molecule has 0 amide bonds. The molecular weight excluding hydrogens is 464 g/mol. The summed E-state index contributed by atoms with van der Waals surface area (Å²) in [5.74, 6) is -1.44. The first-order valence-electron chi connectivity index (χ1n) is 8.16. The molecule has 0 unspecified atom stereocenters. The van der Waals surface area contributed by atoms with E-state index in [9.17, 15) is 29.8 Å². The molecule has 0 aliphatic carbocycles. The lowest BCUT2D eigenvalue weighted by molar-refractivity contribution is -0.385. The molecule has 2 aromatic rings. The van der Waals surface area contributed by atoms with E-state index in [4.69, 9.17) is 0 Å². The van der Waals surface area contributed by atoms with Crippen molar-refractivity contribution in [1.29, 1.82) is 0 Å². The summed E-state index contributed by atoms with van der Waals surface area (Å²) in [6, 6.07) is 8.72. The van der Waals surface area contributed by atoms with Crippen LogP contribution < -0.4 is 0 Å². The van der Waals surface area contributed by atoms with Crippen LogP contribution in [0.5, 0.6) is 0 Å². The van der Waals surface area contributed by atoms with Gasteiger partial charge in [0.05, 0.1) is 24.1 Å². The molecule has 0 aliphatic heterocycles. The summed E-state index contributed by atoms with van der Waals surface area (Å²) in [7, 11) is 2.36. The number of allylic oxidation sites excluding steroid dienone is 1. The van der Waals surface area contributed by atoms with Crippen molar-refractivity contribution in [2.24, 2.45) is 0 Å². The Kier molecular flexibility index (Phi) is 9.30. The number of nitro benzene ring substituents is 2. The van der Waals surface area contributed by atoms with Gasteiger partial charge in [-0.2, -0.15) is 0 Å². The molecule has 0 N–H and O–H groups in total. The highest BCUT2D eigenvalue weighted by molar-refractivity contribution is 9.10. The van der Waals surface area contributed by atoms with Gasteiger partial charge < -0.3 is 9.47 Å². The van der Waals surface area contributed by atoms with Gasteiger partial charge in [-0.25, -0.2) is 9.59 Å². The summed E-state index contributed by atoms with van der Waals surface area (Å²) in [4.78, 5) is 42.8. The first kappa shape index (κ1) is 24.4. The summed E-state index contributed by atoms with van der Waals surface area (Å²) in [5.41, 5.74) is -0.0524. The fourth-order valence-corrected chi connectivity index (χ4v) is 2.89. The van der Waals surface area contributed by atoms with Crippen molar-refractivity contribution in [3.05, 3.63) is 90.4 Å². The van der Waals surface area contributed by atoms with Gasteiger partial charge in [0.25, 0.3) is 11.4 Å². The maximum absolute atomic E-state index is 11.5. The SMILES string of the molecule is C=CCc1cccc([N+](=O)[O-])c1C(=O)OC.COC(=O)c1c(Br)cccc1[N+](=O)[O-]. The summed E-state index contributed by atoms with van der Waals surface area (Å²) in [6.45, 7) is 3.53. The molecule has 0 spiro atoms. The van der Waals surface area contributed by atoms with E-state index in [0.717, 1.165) is 0 Å². The summed E-state index contributed by atoms with van der Waals surface area (Å²) >= 11 is 3.05. The zero-order chi connectivity index (χ0) is 22.8. The molecule has 0 aliphatic rings. The minimum absolute atomic E-state index is 0.00472. The molecule has 0 atom stereocenters. The Hall–Kier alpha value is -3.60. The molecule has 10 nitrogen and oxygen atoms in total. The Labute approximate surface area is 179 Å². The standard InChI is InChI=1S/C11H11NO4.C8H6BrNO4/c1-3-5-8-6-4-7-9(12(14)15)10(8)11(13)16-2;1-14-8(11)7-5(9)3-2-4-6(7)10(12)13/h3-4,6-7H,1,5H2,2H3;2-4H,1H3. The van der Waals surface area contributed by atoms with Crippen LogP contribution in [-0.2, 0) is 15.9 Å². The molecule has 0 fully saturated rings. The van der Waals surface area contributed by atoms with Gasteiger partial charge in [0.1, 0.15) is 5.56 Å². The van der Waals surface area contributed by atoms with Gasteiger partial charge in [0.15, 0.2) is 5.56 Å². The van der Waals surface area contributed by atoms with Crippen LogP contribution in [0, 0.1) is 20.2 Å². The summed E-state index contributed by atoms with van der Waals surface area (Å²) in [6.07, 6.45) is 1.96. The molecule has 0 saturated carbocycles. The third-order valence-corrected chi connectivity index (χ3v) is 4.32. The molecule has 0 aromatic heterocycles. The van der Waals surface area contributed by atoms with Crippen LogP contribution in [0.1, 0.15) is 26.3 Å². The number of rotatable bonds is 6. The molecule has 2 aromatic carbocycles. The van der Waals surface area contributed by atoms with E-state index < -0.39 is 21.8 Å². The first-order valence-corrected chi connectivity index (χ1v) is 8.95. The van der Waals surface area contributed by atoms with Gasteiger partial charge in [0, 0.05) is 16.6 Å². The molecule has 30 heavy (non-hydrogen) atoms. The van der Waals surface area contributed by atoms with Crippen molar-refractivity contribution in [1.82, 2.24) is 0 Å². The van der Waals surface area contributed by atoms with Gasteiger partial charge in [0.2, 0.25) is 0 Å². The number of esters is 2. The third kappa shape index (κ3) is 5.95. The Morgan fingerprint density at radius 3 is 1.90 bits per heavy atom. The van der Waals surface area contributed by atoms with E-state index in [0.29, 0.717) is 16.5 Å². The van der Waals surface area contributed by atoms with Gasteiger partial charge in [-0.3, -0.25) is 20.2 Å². The molecule has 158 valence electrons. The quantitative estimate of drug-likeness (QED) is 0.258. The number of halogens is 1. The minimum Gasteiger partial charge on any atom is -0.465 e. The smallest absolute Gasteiger partial charge is 0.346 e. The van der Waals surface area contributed by atoms with Crippen LogP contribution in [0.15, 0.2) is 53.5 Å². The van der Waals surface area contributed by atoms with Gasteiger partial charge in [-0.15, -0.1) is 6.58 Å². The molecule has 11 heteroatoms. The van der Waals surface area contributed by atoms with E-state index in [1.54, 1.807) is 18.2 Å². The fraction of sp³-hybridized carbons (Fsp3) is 0.158. The molecular formula is C19H17BrN2O8. The molecule has 0 saturated heterocycles. The van der Waals surface area contributed by atoms with Crippen molar-refractivity contribution < 1.29 is 28.9 Å². The lowest BCUT2D eigenvalue weighted by Gasteiger charge is -2.06. The number of hydrogen-bond acceptors (Lipinski definition) is 8. The highest BCUT2D eigenvalue weighted by atomic mass is 79.9. The minimum atomic E-state index is -0.732. The van der Waals surface area contributed by atoms with Crippen LogP contribution in [0.25, 0.3) is 0 Å². The number of hydrogen-bond donors (Lipinski definition) is 0. The highest BCUT2D eigenvalue weighted by Gasteiger charge is 2.24. The van der Waals surface area contributed by atoms with Crippen LogP contribution in [-0.4, -0.2) is 36.0 Å². The van der Waals surface area contributed by atoms with Crippen LogP contribution >= 0.6 is 15.9 Å². The van der Waals surface area contributed by atoms with Crippen molar-refractivity contribution in [2.75, 3.05) is 14.2 Å². The maximum atomic E-state index is 11.5. The Morgan fingerprint density at radius 1 is 0.967 bits per heavy atom. The number of nitro groups is 2. The van der Waals surface area contributed by atoms with Crippen molar-refractivity contribution in [3.8, 4) is 0 Å². The van der Waals surface area contributed by atoms with E-state index in [1.807, 2.05) is 0 Å². The van der Waals surface area contributed by atoms with Crippen molar-refractivity contribution >= 4 is 39.2 Å². The van der Waals surface area contributed by atoms with Crippen molar-refractivity contribution in [3.63, 3.8) is 0 Å². The lowest BCUT2D eigenvalue weighted by Crippen LogP contribution is -2.09. The number of methoxy groups -OCH3 is 2. The predicted molar refractivity (Wildman–Crippen MR) is 110 cm³/mol. The summed E-state index contributed by atoms with van der Waals surface area (Å²) < 4.78 is 9.32. The molecule has 2 rings (SSSR count). The number of ether oxygens (including phenoxy) is 2. The number of carbonyl (C=O) groups excluding carboxylic acids is 2. The number of nitrogens with zero attached hydrogens (tertiary/aromatic N) is 2. The second-order valence-corrected chi connectivity index (χ2v) is 6.29. The third-order valence-electron chi connectivity index (χ3n) is 3.66. The average Bonchev–Trinajstić information content (AvgIpc) is 2.72. The zero-order valence-corrected chi connectivity index (χ0v) is 17.6. The Balaban J connectivity index is 0.000000303. The van der Waals surface area contributed by atoms with Gasteiger partial charge in [-0.05, 0) is 34.0 Å². The monoisotopic (exact) mass is 480 g/mol. The lowest BCUT2D eigenvalue weighted by atomic mass is 10.0. The van der Waals surface area contributed by atoms with Crippen LogP contribution in [0.4, 0.5) is 11.4 Å². The van der Waals surface area contributed by atoms with E-state index >= 15 is 0 Å². The van der Waals surface area contributed by atoms with Crippen LogP contribution in [0.2, 0.25) is 0 Å². The van der Waals surface area contributed by atoms with Crippen LogP contribution in [0.3, 0.4) is 0 Å². The Bertz CT molecular complexity index is 990. The maximum Gasteiger partial charge on any atom is 0.346 e. The normalized spacial score (nSPS) is 9.57. The zero-order valence-electron chi connectivity index (χ0n) is 16.0. The van der Waals surface area contributed by atoms with E-state index in [-0.39, 0.29) is 22.5 Å². The van der Waals surface area contributed by atoms with Gasteiger partial charge >= 0.3 is 11.9 Å². The summed E-state index contributed by atoms with van der Waals surface area (Å²) in [5, 5.41) is 21.3. The Morgan fingerprint density at radius 2 is 1.43 bits per heavy atom. The average molecular weight is 481 g/mol. The second kappa shape index (κ2) is 11.4. The van der Waals surface area contributed by atoms with E-state index in [2.05, 4.69) is 32.0 Å². The fourth-order valence-electron chi connectivity index (χ4n) is 2.37. The predicted octanol–water partition coefficient (Wildman–Crippen LogP) is 4.25. The number of carbonyl (C=O) groups is 2. The number of benzene rings is 2. The molecule has 0 bridgehead atoms. The topological polar surface area (TPSA) is 139 Å². The highest BCUT2D eigenvalue weighted by Crippen LogP contribution is 2.27. The van der Waals surface area contributed by atoms with Gasteiger partial charge in [-0.1, -0.05) is 24.3 Å². The second-order valence-electron chi connectivity index (χ2n) is 5.44. The largest absolute Gasteiger partial charge is 0.465 e. The van der Waals surface area contributed by atoms with E-state index in [1.165, 1.54) is 38.5 Å². The van der Waals surface area contributed by atoms with Crippen molar-refractivity contribution in [2.45, 2.75) is 6.42 Å².